The first kappa shape index (κ1) is 10.2. The molecule has 0 atom stereocenters. The molecule has 0 aliphatic heterocycles. The molecule has 2 fully saturated rings. The van der Waals surface area contributed by atoms with Crippen LogP contribution in [0.2, 0.25) is 0 Å². The van der Waals surface area contributed by atoms with Crippen LogP contribution in [0.3, 0.4) is 0 Å². The van der Waals surface area contributed by atoms with E-state index in [-0.39, 0.29) is 0 Å². The molecule has 2 rings (SSSR count). The number of nitrogens with two attached hydrogens (primary N) is 1. The Morgan fingerprint density at radius 2 is 1.87 bits per heavy atom. The summed E-state index contributed by atoms with van der Waals surface area (Å²) in [5.74, 6) is 0. The highest BCUT2D eigenvalue weighted by atomic mass is 16.2. The van der Waals surface area contributed by atoms with E-state index in [4.69, 9.17) is 5.73 Å². The highest BCUT2D eigenvalue weighted by Crippen LogP contribution is 2.33. The van der Waals surface area contributed by atoms with Gasteiger partial charge in [-0.2, -0.15) is 5.10 Å². The van der Waals surface area contributed by atoms with E-state index in [9.17, 15) is 4.79 Å². The molecule has 0 aromatic carbocycles. The predicted octanol–water partition coefficient (Wildman–Crippen LogP) is 2.07. The molecule has 0 aromatic heterocycles. The van der Waals surface area contributed by atoms with Gasteiger partial charge in [0.05, 0.1) is 5.71 Å². The zero-order valence-corrected chi connectivity index (χ0v) is 8.88. The number of allylic oxidation sites excluding steroid dienone is 2. The lowest BCUT2D eigenvalue weighted by atomic mass is 10.0. The molecule has 0 heterocycles. The number of carbonyl (C=O) groups excluding carboxylic acids is 1. The Morgan fingerprint density at radius 1 is 1.13 bits per heavy atom. The third kappa shape index (κ3) is 2.37. The Balaban J connectivity index is 2.14. The van der Waals surface area contributed by atoms with Crippen LogP contribution in [0.5, 0.6) is 0 Å². The van der Waals surface area contributed by atoms with Crippen LogP contribution in [0.25, 0.3) is 0 Å². The molecule has 0 unspecified atom stereocenters. The molecule has 0 saturated heterocycles. The van der Waals surface area contributed by atoms with Crippen LogP contribution in [0.1, 0.15) is 44.9 Å². The molecule has 0 spiro atoms. The normalized spacial score (nSPS) is 23.9. The van der Waals surface area contributed by atoms with Gasteiger partial charge in [0, 0.05) is 0 Å². The smallest absolute Gasteiger partial charge is 0.332 e. The molecule has 2 aliphatic carbocycles. The van der Waals surface area contributed by atoms with Crippen molar-refractivity contribution < 1.29 is 4.79 Å². The summed E-state index contributed by atoms with van der Waals surface area (Å²) in [5.41, 5.74) is 11.3. The summed E-state index contributed by atoms with van der Waals surface area (Å²) < 4.78 is 0. The maximum absolute atomic E-state index is 10.6. The molecule has 3 N–H and O–H groups in total. The van der Waals surface area contributed by atoms with Crippen molar-refractivity contribution in [2.75, 3.05) is 0 Å². The van der Waals surface area contributed by atoms with E-state index in [1.54, 1.807) is 5.57 Å². The van der Waals surface area contributed by atoms with Gasteiger partial charge >= 0.3 is 6.03 Å². The van der Waals surface area contributed by atoms with Gasteiger partial charge in [-0.25, -0.2) is 10.2 Å². The van der Waals surface area contributed by atoms with Gasteiger partial charge in [0.1, 0.15) is 0 Å². The number of hydrogen-bond acceptors (Lipinski definition) is 2. The average Bonchev–Trinajstić information content (AvgIpc) is 2.85. The van der Waals surface area contributed by atoms with Crippen molar-refractivity contribution >= 4 is 11.7 Å². The largest absolute Gasteiger partial charge is 0.350 e. The Bertz CT molecular complexity index is 323. The molecule has 82 valence electrons. The zero-order chi connectivity index (χ0) is 10.7. The fourth-order valence-corrected chi connectivity index (χ4v) is 2.46. The maximum Gasteiger partial charge on any atom is 0.332 e. The summed E-state index contributed by atoms with van der Waals surface area (Å²) in [6.45, 7) is 0. The first-order chi connectivity index (χ1) is 7.27. The third-order valence-corrected chi connectivity index (χ3v) is 3.12. The Hall–Kier alpha value is -1.32. The van der Waals surface area contributed by atoms with Crippen molar-refractivity contribution in [3.63, 3.8) is 0 Å². The zero-order valence-electron chi connectivity index (χ0n) is 8.88. The molecule has 4 nitrogen and oxygen atoms in total. The minimum Gasteiger partial charge on any atom is -0.350 e. The van der Waals surface area contributed by atoms with E-state index in [1.165, 1.54) is 31.3 Å². The van der Waals surface area contributed by atoms with Crippen LogP contribution >= 0.6 is 0 Å². The molecule has 2 aliphatic rings. The van der Waals surface area contributed by atoms with E-state index in [2.05, 4.69) is 10.5 Å². The van der Waals surface area contributed by atoms with E-state index in [1.807, 2.05) is 0 Å². The number of nitrogens with one attached hydrogen (secondary N) is 1. The number of carbonyl (C=O) groups is 1. The van der Waals surface area contributed by atoms with Crippen LogP contribution in [0.15, 0.2) is 16.2 Å². The quantitative estimate of drug-likeness (QED) is 0.635. The average molecular weight is 207 g/mol. The van der Waals surface area contributed by atoms with Gasteiger partial charge in [-0.05, 0) is 50.5 Å². The topological polar surface area (TPSA) is 67.5 Å². The van der Waals surface area contributed by atoms with E-state index >= 15 is 0 Å². The lowest BCUT2D eigenvalue weighted by Gasteiger charge is -2.05. The monoisotopic (exact) mass is 207 g/mol. The third-order valence-electron chi connectivity index (χ3n) is 3.12. The Morgan fingerprint density at radius 3 is 2.53 bits per heavy atom. The van der Waals surface area contributed by atoms with Crippen molar-refractivity contribution in [1.29, 1.82) is 0 Å². The van der Waals surface area contributed by atoms with Gasteiger partial charge in [-0.3, -0.25) is 0 Å². The summed E-state index contributed by atoms with van der Waals surface area (Å²) >= 11 is 0. The highest BCUT2D eigenvalue weighted by Gasteiger charge is 2.21. The lowest BCUT2D eigenvalue weighted by molar-refractivity contribution is 0.249. The van der Waals surface area contributed by atoms with Gasteiger partial charge in [0.25, 0.3) is 0 Å². The number of urea groups is 1. The van der Waals surface area contributed by atoms with Crippen LogP contribution in [0.4, 0.5) is 4.79 Å². The number of rotatable bonds is 1. The molecule has 0 radical (unpaired) electrons. The van der Waals surface area contributed by atoms with Crippen molar-refractivity contribution in [2.24, 2.45) is 10.8 Å². The summed E-state index contributed by atoms with van der Waals surface area (Å²) in [5, 5.41) is 4.08. The number of hydrazone groups is 1. The first-order valence-electron chi connectivity index (χ1n) is 5.60. The van der Waals surface area contributed by atoms with Gasteiger partial charge in [-0.15, -0.1) is 0 Å². The van der Waals surface area contributed by atoms with Crippen molar-refractivity contribution in [3.8, 4) is 0 Å². The Kier molecular flexibility index (Phi) is 3.04. The molecule has 4 heteroatoms. The summed E-state index contributed by atoms with van der Waals surface area (Å²) in [7, 11) is 0. The molecule has 2 amide bonds. The Labute approximate surface area is 89.6 Å². The van der Waals surface area contributed by atoms with Crippen molar-refractivity contribution in [2.45, 2.75) is 44.9 Å². The van der Waals surface area contributed by atoms with Gasteiger partial charge in [0.15, 0.2) is 0 Å². The predicted molar refractivity (Wildman–Crippen MR) is 59.5 cm³/mol. The maximum atomic E-state index is 10.6. The molecule has 0 bridgehead atoms. The fraction of sp³-hybridized carbons (Fsp3) is 0.636. The number of nitrogens with zero attached hydrogens (tertiary/aromatic N) is 1. The highest BCUT2D eigenvalue weighted by molar-refractivity contribution is 6.03. The SMILES string of the molecule is NC(=O)N/N=C1\CCCC1=C1CCCC1. The van der Waals surface area contributed by atoms with Gasteiger partial charge in [0.2, 0.25) is 0 Å². The summed E-state index contributed by atoms with van der Waals surface area (Å²) in [6.07, 6.45) is 8.27. The van der Waals surface area contributed by atoms with E-state index < -0.39 is 6.03 Å². The van der Waals surface area contributed by atoms with Crippen LogP contribution in [0, 0.1) is 0 Å². The fourth-order valence-electron chi connectivity index (χ4n) is 2.46. The van der Waals surface area contributed by atoms with Crippen LogP contribution < -0.4 is 11.2 Å². The van der Waals surface area contributed by atoms with Crippen LogP contribution in [-0.4, -0.2) is 11.7 Å². The molecule has 15 heavy (non-hydrogen) atoms. The molecular formula is C11H17N3O. The van der Waals surface area contributed by atoms with Gasteiger partial charge < -0.3 is 5.73 Å². The van der Waals surface area contributed by atoms with Crippen molar-refractivity contribution in [1.82, 2.24) is 5.43 Å². The van der Waals surface area contributed by atoms with E-state index in [0.29, 0.717) is 0 Å². The second-order valence-corrected chi connectivity index (χ2v) is 4.18. The first-order valence-corrected chi connectivity index (χ1v) is 5.60. The number of primary amides is 1. The summed E-state index contributed by atoms with van der Waals surface area (Å²) in [6, 6.07) is -0.579. The van der Waals surface area contributed by atoms with E-state index in [0.717, 1.165) is 25.0 Å². The summed E-state index contributed by atoms with van der Waals surface area (Å²) in [4.78, 5) is 10.6. The standard InChI is InChI=1S/C11H17N3O/c12-11(15)14-13-10-7-3-6-9(10)8-4-1-2-5-8/h1-7H2,(H3,12,14,15)/b13-10+. The lowest BCUT2D eigenvalue weighted by Crippen LogP contribution is -2.25. The second-order valence-electron chi connectivity index (χ2n) is 4.18. The minimum absolute atomic E-state index is 0.579. The second kappa shape index (κ2) is 4.47. The van der Waals surface area contributed by atoms with Gasteiger partial charge in [-0.1, -0.05) is 5.57 Å². The van der Waals surface area contributed by atoms with Crippen LogP contribution in [-0.2, 0) is 0 Å². The molecule has 0 aromatic rings. The molecular weight excluding hydrogens is 190 g/mol. The number of amides is 2. The number of hydrogen-bond donors (Lipinski definition) is 2. The molecule has 2 saturated carbocycles. The minimum atomic E-state index is -0.579. The van der Waals surface area contributed by atoms with Crippen molar-refractivity contribution in [3.05, 3.63) is 11.1 Å².